The van der Waals surface area contributed by atoms with Crippen molar-refractivity contribution in [3.8, 4) is 0 Å². The average molecular weight is 334 g/mol. The van der Waals surface area contributed by atoms with Gasteiger partial charge >= 0.3 is 0 Å². The Hall–Kier alpha value is -3.02. The highest BCUT2D eigenvalue weighted by atomic mass is 16.1. The molecule has 3 aromatic rings. The molecule has 0 unspecified atom stereocenters. The van der Waals surface area contributed by atoms with Crippen molar-refractivity contribution < 1.29 is 4.79 Å². The van der Waals surface area contributed by atoms with Gasteiger partial charge in [0, 0.05) is 11.5 Å². The Balaban J connectivity index is 1.83. The lowest BCUT2D eigenvalue weighted by atomic mass is 9.96. The van der Waals surface area contributed by atoms with Gasteiger partial charge in [-0.3, -0.25) is 15.1 Å². The van der Waals surface area contributed by atoms with E-state index in [-0.39, 0.29) is 5.91 Å². The number of nitrogens with zero attached hydrogens (tertiary/aromatic N) is 4. The number of anilines is 1. The van der Waals surface area contributed by atoms with E-state index >= 15 is 0 Å². The van der Waals surface area contributed by atoms with Crippen molar-refractivity contribution in [2.45, 2.75) is 33.1 Å². The third-order valence-corrected chi connectivity index (χ3v) is 4.26. The highest BCUT2D eigenvalue weighted by Crippen LogP contribution is 2.21. The minimum Gasteiger partial charge on any atom is -0.335 e. The fraction of sp³-hybridized carbons (Fsp3) is 0.263. The standard InChI is InChI=1S/C19H21N5O/c1-12-5-4-6-15(9-12)11-17(18-21-23-24-22-18)19(25)20-16-8-7-13(2)14(3)10-16/h4-10,17H,11H2,1-3H3,(H2,20,21,22,23,24,25)/p-1/t17-/m0/s1. The summed E-state index contributed by atoms with van der Waals surface area (Å²) in [6.07, 6.45) is 0.492. The lowest BCUT2D eigenvalue weighted by molar-refractivity contribution is -0.117. The molecule has 25 heavy (non-hydrogen) atoms. The summed E-state index contributed by atoms with van der Waals surface area (Å²) in [6.45, 7) is 6.08. The van der Waals surface area contributed by atoms with Crippen LogP contribution >= 0.6 is 0 Å². The van der Waals surface area contributed by atoms with Crippen LogP contribution < -0.4 is 10.4 Å². The summed E-state index contributed by atoms with van der Waals surface area (Å²) >= 11 is 0. The quantitative estimate of drug-likeness (QED) is 0.776. The molecule has 2 aromatic carbocycles. The van der Waals surface area contributed by atoms with Crippen molar-refractivity contribution >= 4 is 11.6 Å². The lowest BCUT2D eigenvalue weighted by Gasteiger charge is -2.18. The summed E-state index contributed by atoms with van der Waals surface area (Å²) < 4.78 is 0. The number of carbonyl (C=O) groups is 1. The van der Waals surface area contributed by atoms with E-state index in [2.05, 4.69) is 32.0 Å². The SMILES string of the molecule is Cc1cccc(C[C@H](C(=O)Nc2ccc(C)c(C)c2)c2nnn[n-]2)c1. The monoisotopic (exact) mass is 334 g/mol. The Labute approximate surface area is 146 Å². The first kappa shape index (κ1) is 16.8. The van der Waals surface area contributed by atoms with Crippen LogP contribution in [0.15, 0.2) is 42.5 Å². The molecule has 0 fully saturated rings. The van der Waals surface area contributed by atoms with Gasteiger partial charge in [0.2, 0.25) is 5.91 Å². The zero-order valence-electron chi connectivity index (χ0n) is 14.5. The zero-order chi connectivity index (χ0) is 17.8. The number of aryl methyl sites for hydroxylation is 3. The van der Waals surface area contributed by atoms with Crippen molar-refractivity contribution in [2.24, 2.45) is 0 Å². The van der Waals surface area contributed by atoms with Gasteiger partial charge in [-0.25, -0.2) is 0 Å². The predicted molar refractivity (Wildman–Crippen MR) is 95.3 cm³/mol. The number of aromatic nitrogens is 4. The van der Waals surface area contributed by atoms with E-state index < -0.39 is 5.92 Å². The molecule has 0 saturated heterocycles. The summed E-state index contributed by atoms with van der Waals surface area (Å²) in [5.74, 6) is -0.374. The Morgan fingerprint density at radius 3 is 2.64 bits per heavy atom. The molecule has 6 heteroatoms. The van der Waals surface area contributed by atoms with Crippen LogP contribution in [-0.2, 0) is 11.2 Å². The van der Waals surface area contributed by atoms with Crippen LogP contribution in [0.2, 0.25) is 0 Å². The molecule has 0 spiro atoms. The minimum atomic E-state index is -0.543. The second kappa shape index (κ2) is 7.25. The van der Waals surface area contributed by atoms with Crippen LogP contribution in [0.25, 0.3) is 0 Å². The molecule has 0 aliphatic heterocycles. The van der Waals surface area contributed by atoms with E-state index in [1.807, 2.05) is 57.2 Å². The number of nitrogens with one attached hydrogen (secondary N) is 1. The van der Waals surface area contributed by atoms with Gasteiger partial charge in [-0.2, -0.15) is 5.21 Å². The number of benzene rings is 2. The molecule has 0 bridgehead atoms. The van der Waals surface area contributed by atoms with Gasteiger partial charge in [0.25, 0.3) is 0 Å². The number of rotatable bonds is 5. The lowest BCUT2D eigenvalue weighted by Crippen LogP contribution is -2.24. The van der Waals surface area contributed by atoms with Crippen LogP contribution in [0.3, 0.4) is 0 Å². The predicted octanol–water partition coefficient (Wildman–Crippen LogP) is 2.72. The van der Waals surface area contributed by atoms with Crippen molar-refractivity contribution in [2.75, 3.05) is 5.32 Å². The van der Waals surface area contributed by atoms with Gasteiger partial charge in [0.05, 0.1) is 5.92 Å². The number of hydrogen-bond acceptors (Lipinski definition) is 4. The van der Waals surface area contributed by atoms with Gasteiger partial charge in [-0.1, -0.05) is 35.9 Å². The third-order valence-electron chi connectivity index (χ3n) is 4.26. The summed E-state index contributed by atoms with van der Waals surface area (Å²) in [7, 11) is 0. The number of hydrogen-bond donors (Lipinski definition) is 1. The molecule has 128 valence electrons. The molecule has 1 amide bonds. The van der Waals surface area contributed by atoms with Crippen LogP contribution in [0.4, 0.5) is 5.69 Å². The molecule has 0 aliphatic rings. The summed E-state index contributed by atoms with van der Waals surface area (Å²) in [5, 5.41) is 17.8. The van der Waals surface area contributed by atoms with E-state index in [1.54, 1.807) is 0 Å². The fourth-order valence-corrected chi connectivity index (χ4v) is 2.72. The van der Waals surface area contributed by atoms with E-state index in [9.17, 15) is 4.79 Å². The maximum Gasteiger partial charge on any atom is 0.232 e. The van der Waals surface area contributed by atoms with Crippen LogP contribution in [0.5, 0.6) is 0 Å². The normalized spacial score (nSPS) is 12.0. The molecule has 0 radical (unpaired) electrons. The smallest absolute Gasteiger partial charge is 0.232 e. The Morgan fingerprint density at radius 2 is 1.96 bits per heavy atom. The van der Waals surface area contributed by atoms with E-state index in [0.29, 0.717) is 12.2 Å². The molecule has 1 aromatic heterocycles. The summed E-state index contributed by atoms with van der Waals surface area (Å²) in [5.41, 5.74) is 5.26. The van der Waals surface area contributed by atoms with Crippen LogP contribution in [-0.4, -0.2) is 21.4 Å². The first-order chi connectivity index (χ1) is 12.0. The fourth-order valence-electron chi connectivity index (χ4n) is 2.72. The maximum atomic E-state index is 12.8. The highest BCUT2D eigenvalue weighted by Gasteiger charge is 2.21. The molecule has 3 rings (SSSR count). The minimum absolute atomic E-state index is 0.167. The van der Waals surface area contributed by atoms with Crippen molar-refractivity contribution in [3.63, 3.8) is 0 Å². The Kier molecular flexibility index (Phi) is 4.88. The van der Waals surface area contributed by atoms with Crippen molar-refractivity contribution in [3.05, 3.63) is 70.5 Å². The first-order valence-electron chi connectivity index (χ1n) is 8.15. The maximum absolute atomic E-state index is 12.8. The molecular weight excluding hydrogens is 314 g/mol. The summed E-state index contributed by atoms with van der Waals surface area (Å²) in [6, 6.07) is 13.9. The van der Waals surface area contributed by atoms with Crippen molar-refractivity contribution in [1.29, 1.82) is 0 Å². The third kappa shape index (κ3) is 4.09. The number of amides is 1. The molecule has 6 nitrogen and oxygen atoms in total. The van der Waals surface area contributed by atoms with Gasteiger partial charge in [0.1, 0.15) is 0 Å². The molecule has 1 N–H and O–H groups in total. The second-order valence-corrected chi connectivity index (χ2v) is 6.27. The van der Waals surface area contributed by atoms with Crippen LogP contribution in [0, 0.1) is 20.8 Å². The largest absolute Gasteiger partial charge is 0.335 e. The first-order valence-corrected chi connectivity index (χ1v) is 8.15. The van der Waals surface area contributed by atoms with Gasteiger partial charge < -0.3 is 10.4 Å². The molecule has 1 heterocycles. The summed E-state index contributed by atoms with van der Waals surface area (Å²) in [4.78, 5) is 12.8. The average Bonchev–Trinajstić information content (AvgIpc) is 3.10. The van der Waals surface area contributed by atoms with E-state index in [4.69, 9.17) is 0 Å². The number of carbonyl (C=O) groups excluding carboxylic acids is 1. The Morgan fingerprint density at radius 1 is 1.12 bits per heavy atom. The van der Waals surface area contributed by atoms with E-state index in [0.717, 1.165) is 22.4 Å². The van der Waals surface area contributed by atoms with Crippen molar-refractivity contribution in [1.82, 2.24) is 20.6 Å². The Bertz CT molecular complexity index is 873. The topological polar surface area (TPSA) is 81.9 Å². The van der Waals surface area contributed by atoms with Crippen LogP contribution in [0.1, 0.15) is 34.0 Å². The molecular formula is C19H20N5O-. The second-order valence-electron chi connectivity index (χ2n) is 6.27. The van der Waals surface area contributed by atoms with Gasteiger partial charge in [-0.05, 0) is 56.0 Å². The molecule has 1 atom stereocenters. The number of tetrazole rings is 1. The zero-order valence-corrected chi connectivity index (χ0v) is 14.5. The highest BCUT2D eigenvalue weighted by molar-refractivity contribution is 5.95. The van der Waals surface area contributed by atoms with Gasteiger partial charge in [-0.15, -0.1) is 0 Å². The van der Waals surface area contributed by atoms with Gasteiger partial charge in [0.15, 0.2) is 0 Å². The molecule has 0 saturated carbocycles. The molecule has 0 aliphatic carbocycles. The van der Waals surface area contributed by atoms with E-state index in [1.165, 1.54) is 5.56 Å².